The lowest BCUT2D eigenvalue weighted by Crippen LogP contribution is -2.43. The fourth-order valence-corrected chi connectivity index (χ4v) is 2.79. The summed E-state index contributed by atoms with van der Waals surface area (Å²) in [6.45, 7) is 6.58. The highest BCUT2D eigenvalue weighted by Crippen LogP contribution is 2.06. The summed E-state index contributed by atoms with van der Waals surface area (Å²) in [7, 11) is -2.63. The molecular weight excluding hydrogens is 172 g/mol. The average Bonchev–Trinajstić information content (AvgIpc) is 2.06. The summed E-state index contributed by atoms with van der Waals surface area (Å²) in [4.78, 5) is 10.8. The Hall–Kier alpha value is -0.453. The Labute approximate surface area is 74.6 Å². The molecule has 0 aliphatic rings. The maximum absolute atomic E-state index is 10.8. The topological polar surface area (TPSA) is 35.5 Å². The van der Waals surface area contributed by atoms with Gasteiger partial charge in [-0.1, -0.05) is 6.08 Å². The molecule has 3 nitrogen and oxygen atoms in total. The van der Waals surface area contributed by atoms with E-state index in [-0.39, 0.29) is 0 Å². The van der Waals surface area contributed by atoms with Gasteiger partial charge in [0.1, 0.15) is 0 Å². The van der Waals surface area contributed by atoms with Gasteiger partial charge in [0, 0.05) is 13.2 Å². The van der Waals surface area contributed by atoms with Crippen LogP contribution in [0.4, 0.5) is 0 Å². The Morgan fingerprint density at radius 2 is 1.75 bits per heavy atom. The number of hydrogen-bond acceptors (Lipinski definition) is 3. The van der Waals surface area contributed by atoms with Crippen LogP contribution in [-0.2, 0) is 13.6 Å². The van der Waals surface area contributed by atoms with Crippen molar-refractivity contribution >= 4 is 14.5 Å². The minimum Gasteiger partial charge on any atom is -0.387 e. The molecule has 0 N–H and O–H groups in total. The van der Waals surface area contributed by atoms with E-state index in [1.165, 1.54) is 0 Å². The first-order chi connectivity index (χ1) is 5.74. The summed E-state index contributed by atoms with van der Waals surface area (Å²) in [5.74, 6) is 0.806. The number of allylic oxidation sites excluding steroid dienone is 1. The van der Waals surface area contributed by atoms with Crippen molar-refractivity contribution < 1.29 is 13.6 Å². The summed E-state index contributed by atoms with van der Waals surface area (Å²) in [5.41, 5.74) is 1.74. The van der Waals surface area contributed by atoms with Crippen LogP contribution in [0.5, 0.6) is 0 Å². The summed E-state index contributed by atoms with van der Waals surface area (Å²) in [6, 6.07) is 0. The van der Waals surface area contributed by atoms with Crippen molar-refractivity contribution in [2.75, 3.05) is 13.2 Å². The van der Waals surface area contributed by atoms with Crippen molar-refractivity contribution in [3.05, 3.63) is 11.8 Å². The normalized spacial score (nSPS) is 12.2. The second-order valence-electron chi connectivity index (χ2n) is 2.21. The Morgan fingerprint density at radius 1 is 1.25 bits per heavy atom. The van der Waals surface area contributed by atoms with Crippen LogP contribution in [0.3, 0.4) is 0 Å². The van der Waals surface area contributed by atoms with Crippen LogP contribution >= 0.6 is 0 Å². The van der Waals surface area contributed by atoms with Gasteiger partial charge in [-0.05, 0) is 26.5 Å². The average molecular weight is 188 g/mol. The fourth-order valence-electron chi connectivity index (χ4n) is 0.929. The molecule has 0 bridgehead atoms. The number of hydrogen-bond donors (Lipinski definition) is 0. The first-order valence-electron chi connectivity index (χ1n) is 4.12. The lowest BCUT2D eigenvalue weighted by molar-refractivity contribution is 0.209. The minimum atomic E-state index is -2.63. The van der Waals surface area contributed by atoms with Gasteiger partial charge in [0.05, 0.1) is 0 Å². The lowest BCUT2D eigenvalue weighted by Gasteiger charge is -2.19. The second-order valence-corrected chi connectivity index (χ2v) is 4.79. The Bertz CT molecular complexity index is 150. The van der Waals surface area contributed by atoms with Crippen LogP contribution in [-0.4, -0.2) is 27.7 Å². The Kier molecular flexibility index (Phi) is 5.88. The highest BCUT2D eigenvalue weighted by Gasteiger charge is 2.33. The van der Waals surface area contributed by atoms with Crippen LogP contribution in [0, 0.1) is 0 Å². The van der Waals surface area contributed by atoms with Crippen molar-refractivity contribution in [1.82, 2.24) is 0 Å². The van der Waals surface area contributed by atoms with Gasteiger partial charge in [-0.2, -0.15) is 0 Å². The first kappa shape index (κ1) is 11.5. The van der Waals surface area contributed by atoms with Crippen LogP contribution in [0.15, 0.2) is 11.8 Å². The molecule has 0 rings (SSSR count). The Balaban J connectivity index is 4.38. The zero-order valence-corrected chi connectivity index (χ0v) is 8.87. The zero-order valence-electron chi connectivity index (χ0n) is 7.87. The molecule has 0 amide bonds. The fraction of sp³-hybridized carbons (Fsp3) is 0.625. The molecule has 0 aromatic heterocycles. The molecule has 0 aromatic rings. The third-order valence-electron chi connectivity index (χ3n) is 1.30. The van der Waals surface area contributed by atoms with Gasteiger partial charge in [-0.25, -0.2) is 0 Å². The van der Waals surface area contributed by atoms with Crippen LogP contribution in [0.25, 0.3) is 0 Å². The molecule has 0 unspecified atom stereocenters. The molecular formula is C8H16O3Si. The number of rotatable bonds is 6. The maximum Gasteiger partial charge on any atom is 0.432 e. The minimum absolute atomic E-state index is 0.509. The highest BCUT2D eigenvalue weighted by molar-refractivity contribution is 6.95. The van der Waals surface area contributed by atoms with E-state index in [9.17, 15) is 4.79 Å². The van der Waals surface area contributed by atoms with Gasteiger partial charge in [-0.15, -0.1) is 0 Å². The van der Waals surface area contributed by atoms with E-state index >= 15 is 0 Å². The van der Waals surface area contributed by atoms with E-state index < -0.39 is 8.56 Å². The molecule has 0 aliphatic heterocycles. The van der Waals surface area contributed by atoms with E-state index in [1.54, 1.807) is 11.8 Å². The smallest absolute Gasteiger partial charge is 0.387 e. The number of carbonyl (C=O) groups is 1. The highest BCUT2D eigenvalue weighted by atomic mass is 28.4. The lowest BCUT2D eigenvalue weighted by atomic mass is 10.8. The van der Waals surface area contributed by atoms with Crippen molar-refractivity contribution in [3.63, 3.8) is 0 Å². The van der Waals surface area contributed by atoms with E-state index in [2.05, 4.69) is 0 Å². The van der Waals surface area contributed by atoms with Gasteiger partial charge in [0.15, 0.2) is 5.91 Å². The van der Waals surface area contributed by atoms with Crippen LogP contribution in [0.1, 0.15) is 20.8 Å². The number of carbonyl (C=O) groups excluding carboxylic acids is 1. The molecule has 0 spiro atoms. The van der Waals surface area contributed by atoms with Gasteiger partial charge in [-0.3, -0.25) is 0 Å². The van der Waals surface area contributed by atoms with Gasteiger partial charge in [0.25, 0.3) is 0 Å². The quantitative estimate of drug-likeness (QED) is 0.467. The second kappa shape index (κ2) is 6.11. The Morgan fingerprint density at radius 3 is 2.00 bits per heavy atom. The van der Waals surface area contributed by atoms with Gasteiger partial charge >= 0.3 is 8.56 Å². The third-order valence-corrected chi connectivity index (χ3v) is 3.91. The standard InChI is InChI=1S/C8H16O3Si/c1-4-7-12(8-9,10-5-2)11-6-3/h4,7-8H,5-6H2,1-3H3. The summed E-state index contributed by atoms with van der Waals surface area (Å²) in [6.07, 6.45) is 1.80. The molecule has 0 atom stereocenters. The van der Waals surface area contributed by atoms with Crippen LogP contribution < -0.4 is 0 Å². The molecule has 12 heavy (non-hydrogen) atoms. The summed E-state index contributed by atoms with van der Waals surface area (Å²) >= 11 is 0. The van der Waals surface area contributed by atoms with E-state index in [1.807, 2.05) is 20.8 Å². The monoisotopic (exact) mass is 188 g/mol. The molecule has 0 heterocycles. The SMILES string of the molecule is CC=C[Si](C=O)(OCC)OCC. The predicted octanol–water partition coefficient (Wildman–Crippen LogP) is 1.39. The summed E-state index contributed by atoms with van der Waals surface area (Å²) in [5, 5.41) is 0. The van der Waals surface area contributed by atoms with Gasteiger partial charge < -0.3 is 13.6 Å². The molecule has 0 saturated heterocycles. The molecule has 0 saturated carbocycles. The largest absolute Gasteiger partial charge is 0.432 e. The molecule has 0 fully saturated rings. The van der Waals surface area contributed by atoms with E-state index in [0.29, 0.717) is 13.2 Å². The van der Waals surface area contributed by atoms with Crippen molar-refractivity contribution in [2.24, 2.45) is 0 Å². The third kappa shape index (κ3) is 3.30. The van der Waals surface area contributed by atoms with Gasteiger partial charge in [0.2, 0.25) is 0 Å². The van der Waals surface area contributed by atoms with Crippen molar-refractivity contribution in [2.45, 2.75) is 20.8 Å². The molecule has 4 heteroatoms. The first-order valence-corrected chi connectivity index (χ1v) is 6.09. The molecule has 0 radical (unpaired) electrons. The maximum atomic E-state index is 10.8. The van der Waals surface area contributed by atoms with Crippen molar-refractivity contribution in [3.8, 4) is 0 Å². The zero-order chi connectivity index (χ0) is 9.45. The van der Waals surface area contributed by atoms with Crippen LogP contribution in [0.2, 0.25) is 0 Å². The van der Waals surface area contributed by atoms with E-state index in [0.717, 1.165) is 5.91 Å². The summed E-state index contributed by atoms with van der Waals surface area (Å²) < 4.78 is 10.6. The van der Waals surface area contributed by atoms with Crippen molar-refractivity contribution in [1.29, 1.82) is 0 Å². The predicted molar refractivity (Wildman–Crippen MR) is 50.6 cm³/mol. The molecule has 0 aromatic carbocycles. The molecule has 0 aliphatic carbocycles. The molecule has 70 valence electrons. The van der Waals surface area contributed by atoms with E-state index in [4.69, 9.17) is 8.85 Å².